The molecule has 3 rings (SSSR count). The number of nitro benzene ring substituents is 1. The first-order valence-corrected chi connectivity index (χ1v) is 9.19. The van der Waals surface area contributed by atoms with Gasteiger partial charge in [-0.1, -0.05) is 35.0 Å². The Morgan fingerprint density at radius 2 is 2.04 bits per heavy atom. The van der Waals surface area contributed by atoms with E-state index in [0.717, 1.165) is 6.07 Å². The van der Waals surface area contributed by atoms with E-state index in [-0.39, 0.29) is 11.3 Å². The molecule has 1 aliphatic rings. The number of carbonyl (C=O) groups excluding carboxylic acids is 2. The zero-order valence-corrected chi connectivity index (χ0v) is 16.1. The molecule has 1 N–H and O–H groups in total. The number of benzene rings is 2. The maximum Gasteiger partial charge on any atom is 0.270 e. The average Bonchev–Trinajstić information content (AvgIpc) is 2.84. The van der Waals surface area contributed by atoms with Crippen molar-refractivity contribution in [3.8, 4) is 0 Å². The number of anilines is 1. The quantitative estimate of drug-likeness (QED) is 0.427. The second-order valence-corrected chi connectivity index (χ2v) is 7.30. The van der Waals surface area contributed by atoms with Crippen LogP contribution < -0.4 is 4.90 Å². The van der Waals surface area contributed by atoms with Gasteiger partial charge in [-0.25, -0.2) is 0 Å². The summed E-state index contributed by atoms with van der Waals surface area (Å²) in [7, 11) is 0. The lowest BCUT2D eigenvalue weighted by Crippen LogP contribution is -2.42. The van der Waals surface area contributed by atoms with Crippen molar-refractivity contribution in [1.29, 1.82) is 0 Å². The number of ketones is 1. The summed E-state index contributed by atoms with van der Waals surface area (Å²) in [6.45, 7) is 2.33. The molecule has 1 heterocycles. The SMILES string of the molecule is CCCN1C(=O)C(O)(CC(=O)c2cccc([N+](=O)[O-])c2)c2cc(Br)ccc21. The van der Waals surface area contributed by atoms with Gasteiger partial charge < -0.3 is 10.0 Å². The van der Waals surface area contributed by atoms with Crippen LogP contribution in [-0.2, 0) is 10.4 Å². The van der Waals surface area contributed by atoms with Crippen LogP contribution in [0.1, 0.15) is 35.7 Å². The third kappa shape index (κ3) is 3.38. The standard InChI is InChI=1S/C19H17BrN2O5/c1-2-8-21-16-7-6-13(20)10-15(16)19(25,18(21)24)11-17(23)12-4-3-5-14(9-12)22(26)27/h3-7,9-10,25H,2,8,11H2,1H3. The summed E-state index contributed by atoms with van der Waals surface area (Å²) in [5.41, 5.74) is -1.22. The summed E-state index contributed by atoms with van der Waals surface area (Å²) >= 11 is 3.33. The highest BCUT2D eigenvalue weighted by molar-refractivity contribution is 9.10. The Kier molecular flexibility index (Phi) is 5.12. The summed E-state index contributed by atoms with van der Waals surface area (Å²) < 4.78 is 0.675. The molecule has 0 saturated heterocycles. The first-order valence-electron chi connectivity index (χ1n) is 8.40. The van der Waals surface area contributed by atoms with Crippen molar-refractivity contribution < 1.29 is 19.6 Å². The van der Waals surface area contributed by atoms with Crippen LogP contribution in [0.15, 0.2) is 46.9 Å². The number of non-ortho nitro benzene ring substituents is 1. The van der Waals surface area contributed by atoms with E-state index in [1.165, 1.54) is 23.1 Å². The lowest BCUT2D eigenvalue weighted by atomic mass is 9.88. The van der Waals surface area contributed by atoms with E-state index in [1.807, 2.05) is 6.92 Å². The van der Waals surface area contributed by atoms with Gasteiger partial charge in [-0.05, 0) is 24.6 Å². The molecular weight excluding hydrogens is 416 g/mol. The van der Waals surface area contributed by atoms with E-state index in [4.69, 9.17) is 0 Å². The molecule has 1 atom stereocenters. The number of rotatable bonds is 6. The third-order valence-electron chi connectivity index (χ3n) is 4.54. The van der Waals surface area contributed by atoms with Crippen molar-refractivity contribution >= 4 is 39.0 Å². The monoisotopic (exact) mass is 432 g/mol. The number of amides is 1. The third-order valence-corrected chi connectivity index (χ3v) is 5.03. The van der Waals surface area contributed by atoms with Gasteiger partial charge in [-0.3, -0.25) is 19.7 Å². The van der Waals surface area contributed by atoms with Gasteiger partial charge in [0.15, 0.2) is 11.4 Å². The summed E-state index contributed by atoms with van der Waals surface area (Å²) in [5.74, 6) is -1.10. The van der Waals surface area contributed by atoms with Crippen LogP contribution in [0.3, 0.4) is 0 Å². The van der Waals surface area contributed by atoms with Crippen molar-refractivity contribution in [2.45, 2.75) is 25.4 Å². The Morgan fingerprint density at radius 3 is 2.70 bits per heavy atom. The number of carbonyl (C=O) groups is 2. The van der Waals surface area contributed by atoms with Crippen LogP contribution in [0.5, 0.6) is 0 Å². The second-order valence-electron chi connectivity index (χ2n) is 6.39. The molecule has 1 amide bonds. The number of halogens is 1. The normalized spacial score (nSPS) is 18.5. The fourth-order valence-corrected chi connectivity index (χ4v) is 3.63. The van der Waals surface area contributed by atoms with Gasteiger partial charge in [0, 0.05) is 34.3 Å². The van der Waals surface area contributed by atoms with Crippen molar-refractivity contribution in [3.63, 3.8) is 0 Å². The highest BCUT2D eigenvalue weighted by atomic mass is 79.9. The number of nitro groups is 1. The molecule has 1 unspecified atom stereocenters. The first-order chi connectivity index (χ1) is 12.8. The number of hydrogen-bond acceptors (Lipinski definition) is 5. The maximum atomic E-state index is 12.9. The Labute approximate surface area is 163 Å². The zero-order chi connectivity index (χ0) is 19.8. The molecule has 8 heteroatoms. The molecule has 0 fully saturated rings. The fraction of sp³-hybridized carbons (Fsp3) is 0.263. The van der Waals surface area contributed by atoms with Gasteiger partial charge in [0.25, 0.3) is 11.6 Å². The van der Waals surface area contributed by atoms with E-state index in [9.17, 15) is 24.8 Å². The van der Waals surface area contributed by atoms with Crippen LogP contribution in [0.25, 0.3) is 0 Å². The molecule has 1 aliphatic heterocycles. The van der Waals surface area contributed by atoms with Gasteiger partial charge in [-0.15, -0.1) is 0 Å². The minimum absolute atomic E-state index is 0.0795. The van der Waals surface area contributed by atoms with Crippen LogP contribution in [-0.4, -0.2) is 28.3 Å². The molecule has 7 nitrogen and oxygen atoms in total. The molecule has 0 aliphatic carbocycles. The first kappa shape index (κ1) is 19.2. The van der Waals surface area contributed by atoms with E-state index in [2.05, 4.69) is 15.9 Å². The Hall–Kier alpha value is -2.58. The number of hydrogen-bond donors (Lipinski definition) is 1. The van der Waals surface area contributed by atoms with Crippen molar-refractivity contribution in [2.75, 3.05) is 11.4 Å². The van der Waals surface area contributed by atoms with Gasteiger partial charge in [-0.2, -0.15) is 0 Å². The van der Waals surface area contributed by atoms with Crippen molar-refractivity contribution in [3.05, 3.63) is 68.2 Å². The highest BCUT2D eigenvalue weighted by Gasteiger charge is 2.50. The molecule has 0 saturated carbocycles. The predicted octanol–water partition coefficient (Wildman–Crippen LogP) is 3.57. The minimum Gasteiger partial charge on any atom is -0.375 e. The number of fused-ring (bicyclic) bond motifs is 1. The zero-order valence-electron chi connectivity index (χ0n) is 14.5. The maximum absolute atomic E-state index is 12.9. The van der Waals surface area contributed by atoms with Crippen molar-refractivity contribution in [2.24, 2.45) is 0 Å². The molecule has 0 bridgehead atoms. The highest BCUT2D eigenvalue weighted by Crippen LogP contribution is 2.44. The van der Waals surface area contributed by atoms with Crippen LogP contribution in [0.4, 0.5) is 11.4 Å². The molecule has 27 heavy (non-hydrogen) atoms. The molecule has 0 spiro atoms. The summed E-state index contributed by atoms with van der Waals surface area (Å²) in [5, 5.41) is 22.1. The molecular formula is C19H17BrN2O5. The van der Waals surface area contributed by atoms with E-state index < -0.39 is 28.6 Å². The summed E-state index contributed by atoms with van der Waals surface area (Å²) in [4.78, 5) is 37.5. The van der Waals surface area contributed by atoms with Gasteiger partial charge in [0.1, 0.15) is 0 Å². The number of nitrogens with zero attached hydrogens (tertiary/aromatic N) is 2. The lowest BCUT2D eigenvalue weighted by molar-refractivity contribution is -0.384. The largest absolute Gasteiger partial charge is 0.375 e. The summed E-state index contributed by atoms with van der Waals surface area (Å²) in [6.07, 6.45) is 0.201. The van der Waals surface area contributed by atoms with Crippen LogP contribution >= 0.6 is 15.9 Å². The Bertz CT molecular complexity index is 945. The molecule has 0 aromatic heterocycles. The van der Waals surface area contributed by atoms with Crippen LogP contribution in [0.2, 0.25) is 0 Å². The Balaban J connectivity index is 1.99. The average molecular weight is 433 g/mol. The summed E-state index contributed by atoms with van der Waals surface area (Å²) in [6, 6.07) is 10.4. The van der Waals surface area contributed by atoms with E-state index in [1.54, 1.807) is 18.2 Å². The fourth-order valence-electron chi connectivity index (χ4n) is 3.27. The molecule has 140 valence electrons. The lowest BCUT2D eigenvalue weighted by Gasteiger charge is -2.22. The predicted molar refractivity (Wildman–Crippen MR) is 103 cm³/mol. The molecule has 2 aromatic carbocycles. The van der Waals surface area contributed by atoms with Crippen molar-refractivity contribution in [1.82, 2.24) is 0 Å². The van der Waals surface area contributed by atoms with E-state index in [0.29, 0.717) is 28.7 Å². The smallest absolute Gasteiger partial charge is 0.270 e. The number of Topliss-reactive ketones (excluding diaryl/α,β-unsaturated/α-hetero) is 1. The van der Waals surface area contributed by atoms with E-state index >= 15 is 0 Å². The Morgan fingerprint density at radius 1 is 1.30 bits per heavy atom. The van der Waals surface area contributed by atoms with Gasteiger partial charge in [0.2, 0.25) is 0 Å². The second kappa shape index (κ2) is 7.21. The van der Waals surface area contributed by atoms with Gasteiger partial charge in [0.05, 0.1) is 17.0 Å². The molecule has 0 radical (unpaired) electrons. The topological polar surface area (TPSA) is 101 Å². The molecule has 2 aromatic rings. The van der Waals surface area contributed by atoms with Gasteiger partial charge >= 0.3 is 0 Å². The van der Waals surface area contributed by atoms with Crippen LogP contribution in [0, 0.1) is 10.1 Å². The number of aliphatic hydroxyl groups is 1. The minimum atomic E-state index is -2.00.